The minimum absolute atomic E-state index is 0.00208. The highest BCUT2D eigenvalue weighted by Crippen LogP contribution is 2.33. The molecule has 0 aliphatic rings. The van der Waals surface area contributed by atoms with Crippen LogP contribution in [0.25, 0.3) is 6.08 Å². The molecule has 0 aliphatic carbocycles. The number of amides is 1. The highest BCUT2D eigenvalue weighted by molar-refractivity contribution is 14.1. The van der Waals surface area contributed by atoms with Crippen LogP contribution in [0.15, 0.2) is 17.7 Å². The average molecular weight is 386 g/mol. The summed E-state index contributed by atoms with van der Waals surface area (Å²) in [6.07, 6.45) is 1.46. The fourth-order valence-electron chi connectivity index (χ4n) is 1.49. The molecule has 0 aliphatic heterocycles. The third-order valence-corrected chi connectivity index (χ3v) is 3.19. The molecular formula is C14H15IN2O3. The maximum absolute atomic E-state index is 11.8. The van der Waals surface area contributed by atoms with Crippen molar-refractivity contribution in [2.24, 2.45) is 0 Å². The number of benzene rings is 1. The molecule has 0 fully saturated rings. The molecule has 0 radical (unpaired) electrons. The van der Waals surface area contributed by atoms with Crippen LogP contribution >= 0.6 is 22.6 Å². The predicted octanol–water partition coefficient (Wildman–Crippen LogP) is 2.44. The van der Waals surface area contributed by atoms with Gasteiger partial charge in [0.05, 0.1) is 10.7 Å². The lowest BCUT2D eigenvalue weighted by atomic mass is 10.1. The van der Waals surface area contributed by atoms with E-state index < -0.39 is 5.91 Å². The second-order valence-electron chi connectivity index (χ2n) is 4.35. The number of methoxy groups -OCH3 is 1. The molecule has 1 rings (SSSR count). The molecule has 106 valence electrons. The van der Waals surface area contributed by atoms with Gasteiger partial charge in [-0.05, 0) is 60.2 Å². The van der Waals surface area contributed by atoms with E-state index in [-0.39, 0.29) is 17.4 Å². The van der Waals surface area contributed by atoms with Gasteiger partial charge in [0, 0.05) is 6.04 Å². The minimum atomic E-state index is -0.426. The van der Waals surface area contributed by atoms with Crippen LogP contribution in [0.5, 0.6) is 11.5 Å². The van der Waals surface area contributed by atoms with Crippen molar-refractivity contribution in [2.45, 2.75) is 19.9 Å². The first-order valence-corrected chi connectivity index (χ1v) is 6.96. The standard InChI is InChI=1S/C14H15IN2O3/c1-8(2)17-14(19)10(7-16)4-9-5-11(15)13(18)12(6-9)20-3/h4-6,8,18H,1-3H3,(H,17,19)/b10-4+. The van der Waals surface area contributed by atoms with Crippen molar-refractivity contribution in [3.8, 4) is 17.6 Å². The van der Waals surface area contributed by atoms with E-state index in [1.54, 1.807) is 12.1 Å². The molecule has 1 aromatic carbocycles. The number of halogens is 1. The van der Waals surface area contributed by atoms with Crippen molar-refractivity contribution in [1.82, 2.24) is 5.32 Å². The van der Waals surface area contributed by atoms with Crippen LogP contribution in [0, 0.1) is 14.9 Å². The molecule has 0 saturated carbocycles. The number of nitrogens with zero attached hydrogens (tertiary/aromatic N) is 1. The summed E-state index contributed by atoms with van der Waals surface area (Å²) in [6, 6.07) is 5.06. The van der Waals surface area contributed by atoms with Crippen molar-refractivity contribution in [3.05, 3.63) is 26.8 Å². The molecule has 0 aromatic heterocycles. The van der Waals surface area contributed by atoms with Crippen LogP contribution in [-0.4, -0.2) is 24.2 Å². The SMILES string of the molecule is COc1cc(/C=C(\C#N)C(=O)NC(C)C)cc(I)c1O. The van der Waals surface area contributed by atoms with Gasteiger partial charge in [0.15, 0.2) is 11.5 Å². The van der Waals surface area contributed by atoms with Gasteiger partial charge < -0.3 is 15.2 Å². The van der Waals surface area contributed by atoms with Crippen molar-refractivity contribution in [2.75, 3.05) is 7.11 Å². The van der Waals surface area contributed by atoms with Crippen molar-refractivity contribution >= 4 is 34.6 Å². The molecule has 0 atom stereocenters. The van der Waals surface area contributed by atoms with Crippen LogP contribution in [0.4, 0.5) is 0 Å². The summed E-state index contributed by atoms with van der Waals surface area (Å²) < 4.78 is 5.62. The number of aromatic hydroxyl groups is 1. The molecule has 0 unspecified atom stereocenters. The summed E-state index contributed by atoms with van der Waals surface area (Å²) in [4.78, 5) is 11.8. The Hall–Kier alpha value is -1.75. The van der Waals surface area contributed by atoms with Gasteiger partial charge in [-0.15, -0.1) is 0 Å². The Kier molecular flexibility index (Phi) is 5.82. The van der Waals surface area contributed by atoms with Crippen LogP contribution < -0.4 is 10.1 Å². The summed E-state index contributed by atoms with van der Waals surface area (Å²) in [5.41, 5.74) is 0.613. The van der Waals surface area contributed by atoms with Crippen molar-refractivity contribution in [3.63, 3.8) is 0 Å². The van der Waals surface area contributed by atoms with Crippen LogP contribution in [0.1, 0.15) is 19.4 Å². The highest BCUT2D eigenvalue weighted by atomic mass is 127. The molecule has 20 heavy (non-hydrogen) atoms. The van der Waals surface area contributed by atoms with Crippen LogP contribution in [0.3, 0.4) is 0 Å². The number of phenols is 1. The van der Waals surface area contributed by atoms with Gasteiger partial charge in [-0.2, -0.15) is 5.26 Å². The van der Waals surface area contributed by atoms with Crippen LogP contribution in [-0.2, 0) is 4.79 Å². The van der Waals surface area contributed by atoms with Crippen LogP contribution in [0.2, 0.25) is 0 Å². The smallest absolute Gasteiger partial charge is 0.262 e. The van der Waals surface area contributed by atoms with E-state index in [9.17, 15) is 9.90 Å². The molecule has 0 spiro atoms. The van der Waals surface area contributed by atoms with E-state index in [0.717, 1.165) is 0 Å². The number of nitriles is 1. The quantitative estimate of drug-likeness (QED) is 0.473. The number of rotatable bonds is 4. The molecule has 5 nitrogen and oxygen atoms in total. The first-order valence-electron chi connectivity index (χ1n) is 5.88. The summed E-state index contributed by atoms with van der Waals surface area (Å²) in [7, 11) is 1.44. The molecular weight excluding hydrogens is 371 g/mol. The van der Waals surface area contributed by atoms with Gasteiger partial charge in [0.25, 0.3) is 5.91 Å². The Morgan fingerprint density at radius 2 is 2.20 bits per heavy atom. The third-order valence-electron chi connectivity index (χ3n) is 2.37. The molecule has 0 saturated heterocycles. The van der Waals surface area contributed by atoms with E-state index in [2.05, 4.69) is 5.32 Å². The summed E-state index contributed by atoms with van der Waals surface area (Å²) >= 11 is 1.95. The lowest BCUT2D eigenvalue weighted by Gasteiger charge is -2.08. The number of carbonyl (C=O) groups is 1. The highest BCUT2D eigenvalue weighted by Gasteiger charge is 2.12. The molecule has 0 heterocycles. The molecule has 2 N–H and O–H groups in total. The van der Waals surface area contributed by atoms with Gasteiger partial charge in [-0.1, -0.05) is 0 Å². The third kappa shape index (κ3) is 4.13. The Labute approximate surface area is 131 Å². The monoisotopic (exact) mass is 386 g/mol. The number of hydrogen-bond donors (Lipinski definition) is 2. The first kappa shape index (κ1) is 16.3. The second-order valence-corrected chi connectivity index (χ2v) is 5.51. The lowest BCUT2D eigenvalue weighted by molar-refractivity contribution is -0.117. The molecule has 1 aromatic rings. The van der Waals surface area contributed by atoms with E-state index in [1.807, 2.05) is 42.5 Å². The lowest BCUT2D eigenvalue weighted by Crippen LogP contribution is -2.30. The molecule has 6 heteroatoms. The number of ether oxygens (including phenoxy) is 1. The predicted molar refractivity (Wildman–Crippen MR) is 84.2 cm³/mol. The van der Waals surface area contributed by atoms with E-state index in [4.69, 9.17) is 10.00 Å². The van der Waals surface area contributed by atoms with Crippen molar-refractivity contribution < 1.29 is 14.6 Å². The van der Waals surface area contributed by atoms with Gasteiger partial charge in [0.1, 0.15) is 11.6 Å². The van der Waals surface area contributed by atoms with Gasteiger partial charge >= 0.3 is 0 Å². The molecule has 0 bridgehead atoms. The number of phenolic OH excluding ortho intramolecular Hbond substituents is 1. The summed E-state index contributed by atoms with van der Waals surface area (Å²) in [5.74, 6) is -0.0929. The molecule has 1 amide bonds. The van der Waals surface area contributed by atoms with Crippen molar-refractivity contribution in [1.29, 1.82) is 5.26 Å². The van der Waals surface area contributed by atoms with E-state index in [0.29, 0.717) is 14.9 Å². The normalized spacial score (nSPS) is 11.1. The zero-order valence-electron chi connectivity index (χ0n) is 11.4. The van der Waals surface area contributed by atoms with E-state index >= 15 is 0 Å². The number of nitrogens with one attached hydrogen (secondary N) is 1. The fraction of sp³-hybridized carbons (Fsp3) is 0.286. The Morgan fingerprint density at radius 3 is 2.70 bits per heavy atom. The largest absolute Gasteiger partial charge is 0.504 e. The summed E-state index contributed by atoms with van der Waals surface area (Å²) in [6.45, 7) is 3.64. The maximum Gasteiger partial charge on any atom is 0.262 e. The topological polar surface area (TPSA) is 82.3 Å². The zero-order valence-corrected chi connectivity index (χ0v) is 13.6. The second kappa shape index (κ2) is 7.14. The average Bonchev–Trinajstić information content (AvgIpc) is 2.38. The maximum atomic E-state index is 11.8. The van der Waals surface area contributed by atoms with Gasteiger partial charge in [-0.3, -0.25) is 4.79 Å². The van der Waals surface area contributed by atoms with E-state index in [1.165, 1.54) is 13.2 Å². The number of hydrogen-bond acceptors (Lipinski definition) is 4. The minimum Gasteiger partial charge on any atom is -0.504 e. The zero-order chi connectivity index (χ0) is 15.3. The fourth-order valence-corrected chi connectivity index (χ4v) is 2.11. The van der Waals surface area contributed by atoms with Gasteiger partial charge in [0.2, 0.25) is 0 Å². The Bertz CT molecular complexity index is 589. The Balaban J connectivity index is 3.17. The van der Waals surface area contributed by atoms with Gasteiger partial charge in [-0.25, -0.2) is 0 Å². The summed E-state index contributed by atoms with van der Waals surface area (Å²) in [5, 5.41) is 21.5. The number of carbonyl (C=O) groups excluding carboxylic acids is 1. The Morgan fingerprint density at radius 1 is 1.55 bits per heavy atom. The first-order chi connectivity index (χ1) is 9.38.